The number of fused-ring (bicyclic) bond motifs is 1. The summed E-state index contributed by atoms with van der Waals surface area (Å²) in [6.07, 6.45) is 3.05. The Morgan fingerprint density at radius 1 is 0.846 bits per heavy atom. The number of aryl methyl sites for hydroxylation is 1. The molecule has 0 bridgehead atoms. The van der Waals surface area contributed by atoms with E-state index in [1.54, 1.807) is 0 Å². The van der Waals surface area contributed by atoms with Crippen LogP contribution in [-0.2, 0) is 13.0 Å². The van der Waals surface area contributed by atoms with E-state index in [1.807, 2.05) is 42.5 Å². The number of rotatable bonds is 14. The van der Waals surface area contributed by atoms with E-state index in [0.29, 0.717) is 25.3 Å². The van der Waals surface area contributed by atoms with Gasteiger partial charge in [-0.05, 0) is 88.2 Å². The molecule has 39 heavy (non-hydrogen) atoms. The van der Waals surface area contributed by atoms with Crippen molar-refractivity contribution >= 4 is 22.6 Å². The molecule has 0 spiro atoms. The van der Waals surface area contributed by atoms with Crippen molar-refractivity contribution in [3.8, 4) is 22.9 Å². The fraction of sp³-hybridized carbons (Fsp3) is 0.424. The number of nitrogens with zero attached hydrogens (tertiary/aromatic N) is 3. The summed E-state index contributed by atoms with van der Waals surface area (Å²) in [5.41, 5.74) is 4.40. The molecule has 0 aliphatic heterocycles. The van der Waals surface area contributed by atoms with Gasteiger partial charge in [-0.2, -0.15) is 0 Å². The van der Waals surface area contributed by atoms with E-state index < -0.39 is 0 Å². The molecule has 6 heteroatoms. The van der Waals surface area contributed by atoms with Gasteiger partial charge in [0.1, 0.15) is 23.9 Å². The van der Waals surface area contributed by atoms with Crippen LogP contribution in [0, 0.1) is 0 Å². The Balaban J connectivity index is 1.47. The molecule has 4 aromatic rings. The number of ether oxygens (including phenoxy) is 2. The predicted molar refractivity (Wildman–Crippen MR) is 163 cm³/mol. The monoisotopic (exact) mass is 547 g/mol. The maximum atomic E-state index is 6.20. The highest BCUT2D eigenvalue weighted by atomic mass is 35.5. The van der Waals surface area contributed by atoms with E-state index >= 15 is 0 Å². The Morgan fingerprint density at radius 2 is 1.51 bits per heavy atom. The molecule has 1 aromatic heterocycles. The minimum Gasteiger partial charge on any atom is -0.493 e. The lowest BCUT2D eigenvalue weighted by molar-refractivity contribution is 0.142. The molecule has 1 heterocycles. The lowest BCUT2D eigenvalue weighted by Crippen LogP contribution is -2.39. The van der Waals surface area contributed by atoms with Crippen molar-refractivity contribution in [2.24, 2.45) is 0 Å². The average Bonchev–Trinajstić information content (AvgIpc) is 3.28. The quantitative estimate of drug-likeness (QED) is 0.159. The predicted octanol–water partition coefficient (Wildman–Crippen LogP) is 8.28. The summed E-state index contributed by atoms with van der Waals surface area (Å²) in [7, 11) is 0. The van der Waals surface area contributed by atoms with E-state index in [2.05, 4.69) is 68.4 Å². The minimum absolute atomic E-state index is 0.495. The molecule has 0 aliphatic rings. The third-order valence-electron chi connectivity index (χ3n) is 7.09. The van der Waals surface area contributed by atoms with Gasteiger partial charge in [-0.25, -0.2) is 4.98 Å². The van der Waals surface area contributed by atoms with Gasteiger partial charge in [0, 0.05) is 48.2 Å². The Kier molecular flexibility index (Phi) is 10.3. The number of unbranched alkanes of at least 4 members (excludes halogenated alkanes) is 1. The van der Waals surface area contributed by atoms with Crippen molar-refractivity contribution in [1.29, 1.82) is 0 Å². The Bertz CT molecular complexity index is 1310. The van der Waals surface area contributed by atoms with Crippen molar-refractivity contribution < 1.29 is 9.47 Å². The normalized spacial score (nSPS) is 11.7. The zero-order valence-corrected chi connectivity index (χ0v) is 24.7. The first-order chi connectivity index (χ1) is 18.9. The second kappa shape index (κ2) is 13.9. The highest BCUT2D eigenvalue weighted by molar-refractivity contribution is 6.30. The first-order valence-electron chi connectivity index (χ1n) is 14.2. The third kappa shape index (κ3) is 7.77. The first kappa shape index (κ1) is 29.0. The molecule has 208 valence electrons. The number of benzene rings is 3. The fourth-order valence-corrected chi connectivity index (χ4v) is 5.10. The summed E-state index contributed by atoms with van der Waals surface area (Å²) in [5, 5.41) is 0.753. The summed E-state index contributed by atoms with van der Waals surface area (Å²) in [4.78, 5) is 7.47. The molecule has 0 saturated heterocycles. The van der Waals surface area contributed by atoms with Crippen LogP contribution in [0.2, 0.25) is 5.02 Å². The van der Waals surface area contributed by atoms with Crippen molar-refractivity contribution in [3.63, 3.8) is 0 Å². The number of imidazole rings is 1. The summed E-state index contributed by atoms with van der Waals surface area (Å²) in [6, 6.07) is 23.4. The van der Waals surface area contributed by atoms with Crippen LogP contribution in [0.25, 0.3) is 22.4 Å². The molecule has 0 fully saturated rings. The molecular weight excluding hydrogens is 506 g/mol. The van der Waals surface area contributed by atoms with Gasteiger partial charge in [0.15, 0.2) is 0 Å². The van der Waals surface area contributed by atoms with Gasteiger partial charge in [-0.15, -0.1) is 0 Å². The number of halogens is 1. The average molecular weight is 548 g/mol. The lowest BCUT2D eigenvalue weighted by Gasteiger charge is -2.30. The summed E-state index contributed by atoms with van der Waals surface area (Å²) >= 11 is 5.98. The molecule has 0 atom stereocenters. The van der Waals surface area contributed by atoms with Crippen LogP contribution in [0.15, 0.2) is 66.7 Å². The van der Waals surface area contributed by atoms with Gasteiger partial charge in [0.05, 0.1) is 17.6 Å². The van der Waals surface area contributed by atoms with E-state index in [-0.39, 0.29) is 0 Å². The molecule has 0 radical (unpaired) electrons. The van der Waals surface area contributed by atoms with E-state index in [0.717, 1.165) is 71.3 Å². The molecular formula is C33H42ClN3O2. The Hall–Kier alpha value is -3.02. The second-order valence-corrected chi connectivity index (χ2v) is 11.1. The number of hydrogen-bond acceptors (Lipinski definition) is 4. The lowest BCUT2D eigenvalue weighted by atomic mass is 10.1. The molecule has 0 amide bonds. The topological polar surface area (TPSA) is 39.5 Å². The molecule has 0 N–H and O–H groups in total. The van der Waals surface area contributed by atoms with Gasteiger partial charge >= 0.3 is 0 Å². The Morgan fingerprint density at radius 3 is 2.18 bits per heavy atom. The maximum absolute atomic E-state index is 6.20. The minimum atomic E-state index is 0.495. The van der Waals surface area contributed by atoms with Crippen molar-refractivity contribution in [2.75, 3.05) is 19.8 Å². The SMILES string of the molecule is CCCCn1c(-c2ccc(OCCc3ccc(Cl)cc3)cc2)nc2ccc(OCCN(C(C)C)C(C)C)cc21. The van der Waals surface area contributed by atoms with Crippen molar-refractivity contribution in [3.05, 3.63) is 77.3 Å². The second-order valence-electron chi connectivity index (χ2n) is 10.6. The van der Waals surface area contributed by atoms with Crippen LogP contribution in [0.5, 0.6) is 11.5 Å². The fourth-order valence-electron chi connectivity index (χ4n) is 4.97. The van der Waals surface area contributed by atoms with Crippen molar-refractivity contribution in [1.82, 2.24) is 14.5 Å². The van der Waals surface area contributed by atoms with Crippen LogP contribution in [0.4, 0.5) is 0 Å². The van der Waals surface area contributed by atoms with Crippen LogP contribution in [0.3, 0.4) is 0 Å². The van der Waals surface area contributed by atoms with Crippen LogP contribution in [-0.4, -0.2) is 46.3 Å². The maximum Gasteiger partial charge on any atom is 0.141 e. The van der Waals surface area contributed by atoms with E-state index in [4.69, 9.17) is 26.1 Å². The molecule has 0 aliphatic carbocycles. The smallest absolute Gasteiger partial charge is 0.141 e. The number of hydrogen-bond donors (Lipinski definition) is 0. The summed E-state index contributed by atoms with van der Waals surface area (Å²) < 4.78 is 14.5. The van der Waals surface area contributed by atoms with Gasteiger partial charge in [-0.3, -0.25) is 4.90 Å². The molecule has 5 nitrogen and oxygen atoms in total. The van der Waals surface area contributed by atoms with Gasteiger partial charge in [0.25, 0.3) is 0 Å². The first-order valence-corrected chi connectivity index (χ1v) is 14.6. The molecule has 0 unspecified atom stereocenters. The number of aromatic nitrogens is 2. The standard InChI is InChI=1S/C33H42ClN3O2/c1-6-7-19-37-32-23-30(39-22-20-36(24(2)3)25(4)5)16-17-31(32)35-33(37)27-10-14-29(15-11-27)38-21-18-26-8-12-28(34)13-9-26/h8-17,23-25H,6-7,18-22H2,1-5H3. The van der Waals surface area contributed by atoms with Gasteiger partial charge in [0.2, 0.25) is 0 Å². The highest BCUT2D eigenvalue weighted by Crippen LogP contribution is 2.29. The molecule has 4 rings (SSSR count). The molecule has 3 aromatic carbocycles. The van der Waals surface area contributed by atoms with Crippen LogP contribution < -0.4 is 9.47 Å². The zero-order chi connectivity index (χ0) is 27.8. The van der Waals surface area contributed by atoms with Gasteiger partial charge in [-0.1, -0.05) is 37.1 Å². The van der Waals surface area contributed by atoms with E-state index in [9.17, 15) is 0 Å². The largest absolute Gasteiger partial charge is 0.493 e. The Labute approximate surface area is 238 Å². The third-order valence-corrected chi connectivity index (χ3v) is 7.34. The summed E-state index contributed by atoms with van der Waals surface area (Å²) in [6.45, 7) is 14.3. The van der Waals surface area contributed by atoms with E-state index in [1.165, 1.54) is 5.56 Å². The molecule has 0 saturated carbocycles. The summed E-state index contributed by atoms with van der Waals surface area (Å²) in [5.74, 6) is 2.73. The highest BCUT2D eigenvalue weighted by Gasteiger charge is 2.15. The van der Waals surface area contributed by atoms with Crippen LogP contribution in [0.1, 0.15) is 53.0 Å². The van der Waals surface area contributed by atoms with Crippen molar-refractivity contribution in [2.45, 2.75) is 72.5 Å². The van der Waals surface area contributed by atoms with Gasteiger partial charge < -0.3 is 14.0 Å². The van der Waals surface area contributed by atoms with Crippen LogP contribution >= 0.6 is 11.6 Å². The zero-order valence-electron chi connectivity index (χ0n) is 24.0.